The minimum absolute atomic E-state index is 0.145. The molecule has 0 radical (unpaired) electrons. The quantitative estimate of drug-likeness (QED) is 0.604. The molecule has 0 aliphatic carbocycles. The van der Waals surface area contributed by atoms with Crippen LogP contribution in [0.15, 0.2) is 79.4 Å². The molecule has 1 atom stereocenters. The molecule has 4 heteroatoms. The molecule has 0 bridgehead atoms. The van der Waals surface area contributed by atoms with Crippen molar-refractivity contribution in [1.29, 1.82) is 0 Å². The third-order valence-corrected chi connectivity index (χ3v) is 3.85. The Morgan fingerprint density at radius 2 is 1.60 bits per heavy atom. The second-order valence-corrected chi connectivity index (χ2v) is 5.77. The van der Waals surface area contributed by atoms with Crippen molar-refractivity contribution in [2.45, 2.75) is 13.0 Å². The van der Waals surface area contributed by atoms with Crippen LogP contribution >= 0.6 is 0 Å². The van der Waals surface area contributed by atoms with Crippen molar-refractivity contribution in [2.24, 2.45) is 0 Å². The highest BCUT2D eigenvalue weighted by Crippen LogP contribution is 2.23. The molecule has 0 aliphatic heterocycles. The van der Waals surface area contributed by atoms with E-state index in [0.717, 1.165) is 17.2 Å². The second kappa shape index (κ2) is 8.11. The molecular formula is C21H22N4. The number of hydrogen-bond acceptors (Lipinski definition) is 4. The maximum atomic E-state index is 4.69. The van der Waals surface area contributed by atoms with Gasteiger partial charge in [0, 0.05) is 24.2 Å². The van der Waals surface area contributed by atoms with Gasteiger partial charge in [0.25, 0.3) is 0 Å². The molecule has 0 saturated heterocycles. The van der Waals surface area contributed by atoms with Crippen LogP contribution in [0.5, 0.6) is 0 Å². The van der Waals surface area contributed by atoms with Crippen LogP contribution in [0.1, 0.15) is 18.5 Å². The number of nitrogens with one attached hydrogen (secondary N) is 2. The molecule has 25 heavy (non-hydrogen) atoms. The minimum atomic E-state index is 0.145. The van der Waals surface area contributed by atoms with E-state index >= 15 is 0 Å². The van der Waals surface area contributed by atoms with Crippen molar-refractivity contribution < 1.29 is 0 Å². The smallest absolute Gasteiger partial charge is 0.163 e. The third kappa shape index (κ3) is 4.44. The van der Waals surface area contributed by atoms with Gasteiger partial charge in [-0.15, -0.1) is 6.58 Å². The van der Waals surface area contributed by atoms with Gasteiger partial charge in [-0.3, -0.25) is 0 Å². The number of nitrogens with zero attached hydrogens (tertiary/aromatic N) is 2. The molecule has 0 saturated carbocycles. The van der Waals surface area contributed by atoms with Crippen LogP contribution in [0.4, 0.5) is 11.6 Å². The molecule has 0 fully saturated rings. The Morgan fingerprint density at radius 3 is 2.28 bits per heavy atom. The largest absolute Gasteiger partial charge is 0.366 e. The minimum Gasteiger partial charge on any atom is -0.366 e. The first kappa shape index (κ1) is 16.7. The highest BCUT2D eigenvalue weighted by molar-refractivity contribution is 5.61. The fraction of sp³-hybridized carbons (Fsp3) is 0.143. The zero-order valence-electron chi connectivity index (χ0n) is 14.3. The highest BCUT2D eigenvalue weighted by Gasteiger charge is 2.10. The fourth-order valence-electron chi connectivity index (χ4n) is 2.55. The molecule has 126 valence electrons. The first-order valence-electron chi connectivity index (χ1n) is 8.37. The summed E-state index contributed by atoms with van der Waals surface area (Å²) in [6, 6.07) is 22.4. The number of rotatable bonds is 7. The lowest BCUT2D eigenvalue weighted by Crippen LogP contribution is -2.10. The maximum absolute atomic E-state index is 4.69. The second-order valence-electron chi connectivity index (χ2n) is 5.77. The molecule has 3 aromatic rings. The van der Waals surface area contributed by atoms with E-state index in [-0.39, 0.29) is 6.04 Å². The lowest BCUT2D eigenvalue weighted by molar-refractivity contribution is 0.873. The van der Waals surface area contributed by atoms with Crippen molar-refractivity contribution in [2.75, 3.05) is 17.2 Å². The molecule has 0 spiro atoms. The standard InChI is InChI=1S/C21H22N4/c1-3-14-22-19-15-20(23-16(2)17-10-6-4-7-11-17)25-21(24-19)18-12-8-5-9-13-18/h3-13,15-16H,1,14H2,2H3,(H2,22,23,24,25). The van der Waals surface area contributed by atoms with E-state index in [2.05, 4.69) is 46.2 Å². The lowest BCUT2D eigenvalue weighted by atomic mass is 10.1. The summed E-state index contributed by atoms with van der Waals surface area (Å²) >= 11 is 0. The summed E-state index contributed by atoms with van der Waals surface area (Å²) in [7, 11) is 0. The topological polar surface area (TPSA) is 49.8 Å². The first-order chi connectivity index (χ1) is 12.3. The van der Waals surface area contributed by atoms with Crippen molar-refractivity contribution in [3.63, 3.8) is 0 Å². The summed E-state index contributed by atoms with van der Waals surface area (Å²) in [5.74, 6) is 2.26. The lowest BCUT2D eigenvalue weighted by Gasteiger charge is -2.16. The van der Waals surface area contributed by atoms with E-state index in [9.17, 15) is 0 Å². The van der Waals surface area contributed by atoms with Gasteiger partial charge in [-0.25, -0.2) is 9.97 Å². The maximum Gasteiger partial charge on any atom is 0.163 e. The molecule has 2 aromatic carbocycles. The van der Waals surface area contributed by atoms with Gasteiger partial charge in [0.05, 0.1) is 0 Å². The molecular weight excluding hydrogens is 308 g/mol. The van der Waals surface area contributed by atoms with Gasteiger partial charge in [-0.1, -0.05) is 66.7 Å². The summed E-state index contributed by atoms with van der Waals surface area (Å²) in [5, 5.41) is 6.72. The van der Waals surface area contributed by atoms with E-state index in [0.29, 0.717) is 12.4 Å². The van der Waals surface area contributed by atoms with E-state index in [4.69, 9.17) is 0 Å². The highest BCUT2D eigenvalue weighted by atomic mass is 15.1. The summed E-state index contributed by atoms with van der Waals surface area (Å²) in [6.07, 6.45) is 1.81. The van der Waals surface area contributed by atoms with E-state index in [1.807, 2.05) is 60.7 Å². The molecule has 1 heterocycles. The van der Waals surface area contributed by atoms with Crippen LogP contribution in [0, 0.1) is 0 Å². The van der Waals surface area contributed by atoms with Crippen molar-refractivity contribution >= 4 is 11.6 Å². The number of anilines is 2. The zero-order valence-corrected chi connectivity index (χ0v) is 14.3. The molecule has 1 aromatic heterocycles. The summed E-state index contributed by atoms with van der Waals surface area (Å²) < 4.78 is 0. The summed E-state index contributed by atoms with van der Waals surface area (Å²) in [6.45, 7) is 6.52. The van der Waals surface area contributed by atoms with E-state index in [1.165, 1.54) is 5.56 Å². The van der Waals surface area contributed by atoms with Crippen LogP contribution in [0.3, 0.4) is 0 Å². The van der Waals surface area contributed by atoms with Gasteiger partial charge in [-0.05, 0) is 12.5 Å². The molecule has 1 unspecified atom stereocenters. The van der Waals surface area contributed by atoms with Gasteiger partial charge < -0.3 is 10.6 Å². The van der Waals surface area contributed by atoms with Gasteiger partial charge in [0.1, 0.15) is 11.6 Å². The Kier molecular flexibility index (Phi) is 5.42. The zero-order chi connectivity index (χ0) is 17.5. The molecule has 3 rings (SSSR count). The number of hydrogen-bond donors (Lipinski definition) is 2. The Labute approximate surface area is 148 Å². The predicted molar refractivity (Wildman–Crippen MR) is 105 cm³/mol. The van der Waals surface area contributed by atoms with E-state index < -0.39 is 0 Å². The van der Waals surface area contributed by atoms with Crippen LogP contribution in [0.2, 0.25) is 0 Å². The van der Waals surface area contributed by atoms with Crippen molar-refractivity contribution in [3.8, 4) is 11.4 Å². The van der Waals surface area contributed by atoms with Crippen LogP contribution in [0.25, 0.3) is 11.4 Å². The number of aromatic nitrogens is 2. The summed E-state index contributed by atoms with van der Waals surface area (Å²) in [4.78, 5) is 9.30. The Balaban J connectivity index is 1.90. The van der Waals surface area contributed by atoms with Crippen molar-refractivity contribution in [3.05, 3.63) is 84.9 Å². The Bertz CT molecular complexity index is 816. The average molecular weight is 330 g/mol. The Morgan fingerprint density at radius 1 is 0.960 bits per heavy atom. The van der Waals surface area contributed by atoms with Crippen molar-refractivity contribution in [1.82, 2.24) is 9.97 Å². The van der Waals surface area contributed by atoms with Crippen LogP contribution < -0.4 is 10.6 Å². The first-order valence-corrected chi connectivity index (χ1v) is 8.37. The van der Waals surface area contributed by atoms with E-state index in [1.54, 1.807) is 0 Å². The molecule has 0 aliphatic rings. The molecule has 0 amide bonds. The van der Waals surface area contributed by atoms with Gasteiger partial charge in [0.2, 0.25) is 0 Å². The summed E-state index contributed by atoms with van der Waals surface area (Å²) in [5.41, 5.74) is 2.20. The third-order valence-electron chi connectivity index (χ3n) is 3.85. The average Bonchev–Trinajstić information content (AvgIpc) is 2.67. The Hall–Kier alpha value is -3.14. The predicted octanol–water partition coefficient (Wildman–Crippen LogP) is 4.91. The SMILES string of the molecule is C=CCNc1cc(NC(C)c2ccccc2)nc(-c2ccccc2)n1. The van der Waals surface area contributed by atoms with Crippen LogP contribution in [-0.4, -0.2) is 16.5 Å². The molecule has 2 N–H and O–H groups in total. The fourth-order valence-corrected chi connectivity index (χ4v) is 2.55. The van der Waals surface area contributed by atoms with Gasteiger partial charge in [-0.2, -0.15) is 0 Å². The van der Waals surface area contributed by atoms with Gasteiger partial charge >= 0.3 is 0 Å². The monoisotopic (exact) mass is 330 g/mol. The number of benzene rings is 2. The molecule has 4 nitrogen and oxygen atoms in total. The van der Waals surface area contributed by atoms with Crippen LogP contribution in [-0.2, 0) is 0 Å². The van der Waals surface area contributed by atoms with Gasteiger partial charge in [0.15, 0.2) is 5.82 Å². The normalized spacial score (nSPS) is 11.6.